The van der Waals surface area contributed by atoms with Crippen molar-refractivity contribution in [2.75, 3.05) is 12.4 Å². The minimum Gasteiger partial charge on any atom is -0.464 e. The Morgan fingerprint density at radius 3 is 2.67 bits per heavy atom. The lowest BCUT2D eigenvalue weighted by Crippen LogP contribution is -2.20. The summed E-state index contributed by atoms with van der Waals surface area (Å²) in [5, 5.41) is 10.7. The molecule has 0 bridgehead atoms. The molecule has 0 radical (unpaired) electrons. The number of nitrogens with zero attached hydrogens (tertiary/aromatic N) is 4. The summed E-state index contributed by atoms with van der Waals surface area (Å²) in [4.78, 5) is 23.6. The van der Waals surface area contributed by atoms with Gasteiger partial charge in [0.2, 0.25) is 5.91 Å². The van der Waals surface area contributed by atoms with Gasteiger partial charge in [0, 0.05) is 19.4 Å². The van der Waals surface area contributed by atoms with Gasteiger partial charge < -0.3 is 10.1 Å². The first-order chi connectivity index (χ1) is 9.90. The third-order valence-corrected chi connectivity index (χ3v) is 3.45. The normalized spacial score (nSPS) is 10.5. The van der Waals surface area contributed by atoms with Crippen molar-refractivity contribution in [2.24, 2.45) is 7.05 Å². The van der Waals surface area contributed by atoms with E-state index in [4.69, 9.17) is 0 Å². The van der Waals surface area contributed by atoms with Crippen LogP contribution in [0.4, 0.5) is 5.69 Å². The molecule has 9 heteroatoms. The van der Waals surface area contributed by atoms with Crippen molar-refractivity contribution in [3.63, 3.8) is 0 Å². The van der Waals surface area contributed by atoms with Crippen molar-refractivity contribution in [1.82, 2.24) is 19.6 Å². The van der Waals surface area contributed by atoms with Crippen LogP contribution in [-0.2, 0) is 23.1 Å². The van der Waals surface area contributed by atoms with Crippen LogP contribution in [0.2, 0.25) is 0 Å². The van der Waals surface area contributed by atoms with E-state index < -0.39 is 5.97 Å². The second-order valence-electron chi connectivity index (χ2n) is 4.36. The summed E-state index contributed by atoms with van der Waals surface area (Å²) in [5.41, 5.74) is 1.16. The monoisotopic (exact) mass is 355 g/mol. The Kier molecular flexibility index (Phi) is 4.41. The maximum Gasteiger partial charge on any atom is 0.360 e. The predicted molar refractivity (Wildman–Crippen MR) is 77.8 cm³/mol. The first-order valence-corrected chi connectivity index (χ1v) is 6.81. The van der Waals surface area contributed by atoms with Crippen molar-refractivity contribution < 1.29 is 14.3 Å². The molecule has 0 unspecified atom stereocenters. The maximum atomic E-state index is 12.0. The molecule has 1 amide bonds. The molecule has 2 heterocycles. The van der Waals surface area contributed by atoms with Crippen molar-refractivity contribution in [1.29, 1.82) is 0 Å². The van der Waals surface area contributed by atoms with Crippen LogP contribution in [-0.4, -0.2) is 38.5 Å². The zero-order chi connectivity index (χ0) is 15.6. The largest absolute Gasteiger partial charge is 0.464 e. The molecule has 0 saturated heterocycles. The Labute approximate surface area is 129 Å². The summed E-state index contributed by atoms with van der Waals surface area (Å²) < 4.78 is 8.38. The molecule has 0 spiro atoms. The van der Waals surface area contributed by atoms with Gasteiger partial charge in [0.1, 0.15) is 6.54 Å². The molecule has 21 heavy (non-hydrogen) atoms. The van der Waals surface area contributed by atoms with E-state index in [2.05, 4.69) is 36.2 Å². The van der Waals surface area contributed by atoms with Crippen LogP contribution in [0.15, 0.2) is 16.9 Å². The summed E-state index contributed by atoms with van der Waals surface area (Å²) in [7, 11) is 2.91. The summed E-state index contributed by atoms with van der Waals surface area (Å²) in [6.07, 6.45) is 3.24. The van der Waals surface area contributed by atoms with E-state index in [0.29, 0.717) is 5.69 Å². The highest BCUT2D eigenvalue weighted by atomic mass is 79.9. The van der Waals surface area contributed by atoms with Crippen molar-refractivity contribution in [3.8, 4) is 0 Å². The molecule has 8 nitrogen and oxygen atoms in total. The number of hydrogen-bond donors (Lipinski definition) is 1. The molecule has 2 aromatic heterocycles. The average Bonchev–Trinajstić information content (AvgIpc) is 2.92. The molecule has 112 valence electrons. The topological polar surface area (TPSA) is 91.0 Å². The van der Waals surface area contributed by atoms with Gasteiger partial charge in [-0.1, -0.05) is 0 Å². The molecule has 0 aliphatic heterocycles. The molecule has 1 N–H and O–H groups in total. The number of methoxy groups -OCH3 is 1. The third kappa shape index (κ3) is 3.48. The third-order valence-electron chi connectivity index (χ3n) is 2.67. The molecule has 0 fully saturated rings. The fraction of sp³-hybridized carbons (Fsp3) is 0.333. The minimum absolute atomic E-state index is 0.0297. The Balaban J connectivity index is 2.11. The lowest BCUT2D eigenvalue weighted by atomic mass is 10.3. The Hall–Kier alpha value is -2.16. The molecule has 0 atom stereocenters. The zero-order valence-electron chi connectivity index (χ0n) is 11.8. The number of aryl methyl sites for hydroxylation is 2. The van der Waals surface area contributed by atoms with E-state index in [1.54, 1.807) is 13.2 Å². The Bertz CT molecular complexity index is 672. The number of aromatic nitrogens is 4. The van der Waals surface area contributed by atoms with Crippen LogP contribution in [0.5, 0.6) is 0 Å². The van der Waals surface area contributed by atoms with E-state index in [1.165, 1.54) is 22.7 Å². The summed E-state index contributed by atoms with van der Waals surface area (Å²) in [6, 6.07) is 0. The molecular formula is C12H14BrN5O3. The van der Waals surface area contributed by atoms with Crippen LogP contribution in [0, 0.1) is 6.92 Å². The maximum absolute atomic E-state index is 12.0. The number of hydrogen-bond acceptors (Lipinski definition) is 5. The summed E-state index contributed by atoms with van der Waals surface area (Å²) >= 11 is 3.33. The summed E-state index contributed by atoms with van der Waals surface area (Å²) in [6.45, 7) is 1.86. The second-order valence-corrected chi connectivity index (χ2v) is 5.22. The van der Waals surface area contributed by atoms with Gasteiger partial charge in [-0.05, 0) is 22.9 Å². The Morgan fingerprint density at radius 2 is 2.10 bits per heavy atom. The van der Waals surface area contributed by atoms with Crippen LogP contribution in [0.25, 0.3) is 0 Å². The standard InChI is InChI=1S/C12H14BrN5O3/c1-7-8(13)4-18(15-7)6-10(19)14-9-5-17(2)16-11(9)12(20)21-3/h4-5H,6H2,1-3H3,(H,14,19). The van der Waals surface area contributed by atoms with Crippen LogP contribution in [0.1, 0.15) is 16.2 Å². The molecule has 2 rings (SSSR count). The van der Waals surface area contributed by atoms with E-state index >= 15 is 0 Å². The molecule has 0 aliphatic rings. The smallest absolute Gasteiger partial charge is 0.360 e. The summed E-state index contributed by atoms with van der Waals surface area (Å²) in [5.74, 6) is -0.924. The number of anilines is 1. The first-order valence-electron chi connectivity index (χ1n) is 6.02. The molecular weight excluding hydrogens is 342 g/mol. The zero-order valence-corrected chi connectivity index (χ0v) is 13.3. The highest BCUT2D eigenvalue weighted by molar-refractivity contribution is 9.10. The quantitative estimate of drug-likeness (QED) is 0.829. The van der Waals surface area contributed by atoms with E-state index in [-0.39, 0.29) is 18.1 Å². The van der Waals surface area contributed by atoms with E-state index in [9.17, 15) is 9.59 Å². The van der Waals surface area contributed by atoms with Gasteiger partial charge in [0.05, 0.1) is 23.0 Å². The number of carbonyl (C=O) groups excluding carboxylic acids is 2. The van der Waals surface area contributed by atoms with Gasteiger partial charge in [-0.2, -0.15) is 10.2 Å². The number of rotatable bonds is 4. The van der Waals surface area contributed by atoms with E-state index in [1.807, 2.05) is 6.92 Å². The van der Waals surface area contributed by atoms with E-state index in [0.717, 1.165) is 10.2 Å². The van der Waals surface area contributed by atoms with Gasteiger partial charge in [-0.15, -0.1) is 0 Å². The fourth-order valence-electron chi connectivity index (χ4n) is 1.74. The van der Waals surface area contributed by atoms with Crippen molar-refractivity contribution >= 4 is 33.5 Å². The Morgan fingerprint density at radius 1 is 1.38 bits per heavy atom. The molecule has 0 aliphatic carbocycles. The number of ether oxygens (including phenoxy) is 1. The van der Waals surface area contributed by atoms with Crippen molar-refractivity contribution in [2.45, 2.75) is 13.5 Å². The minimum atomic E-state index is -0.608. The number of carbonyl (C=O) groups is 2. The fourth-order valence-corrected chi connectivity index (χ4v) is 2.05. The highest BCUT2D eigenvalue weighted by Crippen LogP contribution is 2.15. The SMILES string of the molecule is COC(=O)c1nn(C)cc1NC(=O)Cn1cc(Br)c(C)n1. The van der Waals surface area contributed by atoms with Crippen molar-refractivity contribution in [3.05, 3.63) is 28.3 Å². The lowest BCUT2D eigenvalue weighted by molar-refractivity contribution is -0.116. The number of nitrogens with one attached hydrogen (secondary N) is 1. The number of amides is 1. The van der Waals surface area contributed by atoms with Crippen LogP contribution < -0.4 is 5.32 Å². The molecule has 0 saturated carbocycles. The number of esters is 1. The molecule has 2 aromatic rings. The highest BCUT2D eigenvalue weighted by Gasteiger charge is 2.18. The van der Waals surface area contributed by atoms with Gasteiger partial charge in [-0.3, -0.25) is 14.2 Å². The predicted octanol–water partition coefficient (Wildman–Crippen LogP) is 1.11. The van der Waals surface area contributed by atoms with Gasteiger partial charge in [0.25, 0.3) is 0 Å². The average molecular weight is 356 g/mol. The van der Waals surface area contributed by atoms with Crippen LogP contribution >= 0.6 is 15.9 Å². The van der Waals surface area contributed by atoms with Gasteiger partial charge in [-0.25, -0.2) is 4.79 Å². The lowest BCUT2D eigenvalue weighted by Gasteiger charge is -2.04. The molecule has 0 aromatic carbocycles. The second kappa shape index (κ2) is 6.08. The first kappa shape index (κ1) is 15.2. The van der Waals surface area contributed by atoms with Gasteiger partial charge >= 0.3 is 5.97 Å². The number of halogens is 1. The van der Waals surface area contributed by atoms with Gasteiger partial charge in [0.15, 0.2) is 5.69 Å². The van der Waals surface area contributed by atoms with Crippen LogP contribution in [0.3, 0.4) is 0 Å².